The summed E-state index contributed by atoms with van der Waals surface area (Å²) in [6.45, 7) is 3.37. The summed E-state index contributed by atoms with van der Waals surface area (Å²) in [6, 6.07) is 13.7. The van der Waals surface area contributed by atoms with Crippen molar-refractivity contribution in [1.82, 2.24) is 10.2 Å². The maximum Gasteiger partial charge on any atom is 0.224 e. The Morgan fingerprint density at radius 1 is 1.12 bits per heavy atom. The van der Waals surface area contributed by atoms with E-state index in [9.17, 15) is 9.18 Å². The fourth-order valence-corrected chi connectivity index (χ4v) is 3.22. The number of carbonyl (C=O) groups is 1. The van der Waals surface area contributed by atoms with Gasteiger partial charge in [-0.05, 0) is 35.4 Å². The molecule has 0 aliphatic carbocycles. The number of nitrogens with zero attached hydrogens (tertiary/aromatic N) is 1. The molecule has 1 atom stereocenters. The van der Waals surface area contributed by atoms with Crippen LogP contribution >= 0.6 is 11.6 Å². The van der Waals surface area contributed by atoms with Gasteiger partial charge in [-0.3, -0.25) is 9.69 Å². The molecule has 0 aromatic heterocycles. The van der Waals surface area contributed by atoms with E-state index in [1.807, 2.05) is 12.1 Å². The van der Waals surface area contributed by atoms with Gasteiger partial charge in [0, 0.05) is 24.7 Å². The van der Waals surface area contributed by atoms with Crippen LogP contribution in [0.1, 0.15) is 17.2 Å². The first-order valence-electron chi connectivity index (χ1n) is 8.70. The molecule has 1 N–H and O–H groups in total. The molecule has 1 saturated heterocycles. The SMILES string of the molecule is O=C(Cc1ccc(Cl)cc1)NC[C@H](c1ccc(F)cc1)N1CCOCC1. The molecule has 1 aliphatic heterocycles. The number of halogens is 2. The molecule has 0 radical (unpaired) electrons. The number of ether oxygens (including phenoxy) is 1. The normalized spacial score (nSPS) is 16.2. The van der Waals surface area contributed by atoms with Gasteiger partial charge in [0.1, 0.15) is 5.82 Å². The molecule has 26 heavy (non-hydrogen) atoms. The average Bonchev–Trinajstić information content (AvgIpc) is 2.66. The number of rotatable bonds is 6. The second-order valence-electron chi connectivity index (χ2n) is 6.32. The smallest absolute Gasteiger partial charge is 0.224 e. The molecule has 1 fully saturated rings. The van der Waals surface area contributed by atoms with E-state index in [2.05, 4.69) is 10.2 Å². The van der Waals surface area contributed by atoms with Gasteiger partial charge in [-0.25, -0.2) is 4.39 Å². The van der Waals surface area contributed by atoms with Gasteiger partial charge in [0.2, 0.25) is 5.91 Å². The molecule has 1 heterocycles. The second-order valence-corrected chi connectivity index (χ2v) is 6.76. The third-order valence-corrected chi connectivity index (χ3v) is 4.76. The number of hydrogen-bond donors (Lipinski definition) is 1. The van der Waals surface area contributed by atoms with Crippen molar-refractivity contribution in [3.8, 4) is 0 Å². The Kier molecular flexibility index (Phi) is 6.61. The first kappa shape index (κ1) is 18.8. The zero-order valence-electron chi connectivity index (χ0n) is 14.5. The summed E-state index contributed by atoms with van der Waals surface area (Å²) in [7, 11) is 0. The molecule has 0 bridgehead atoms. The molecular weight excluding hydrogens is 355 g/mol. The molecule has 0 spiro atoms. The molecule has 2 aromatic rings. The third kappa shape index (κ3) is 5.27. The first-order valence-corrected chi connectivity index (χ1v) is 9.08. The van der Waals surface area contributed by atoms with Gasteiger partial charge in [-0.2, -0.15) is 0 Å². The van der Waals surface area contributed by atoms with Crippen molar-refractivity contribution in [2.24, 2.45) is 0 Å². The summed E-state index contributed by atoms with van der Waals surface area (Å²) in [6.07, 6.45) is 0.302. The van der Waals surface area contributed by atoms with Crippen LogP contribution in [-0.4, -0.2) is 43.7 Å². The minimum Gasteiger partial charge on any atom is -0.379 e. The summed E-state index contributed by atoms with van der Waals surface area (Å²) in [5.74, 6) is -0.311. The zero-order valence-corrected chi connectivity index (χ0v) is 15.2. The molecule has 4 nitrogen and oxygen atoms in total. The number of morpholine rings is 1. The van der Waals surface area contributed by atoms with Gasteiger partial charge in [-0.1, -0.05) is 35.9 Å². The second kappa shape index (κ2) is 9.12. The highest BCUT2D eigenvalue weighted by molar-refractivity contribution is 6.30. The largest absolute Gasteiger partial charge is 0.379 e. The number of benzene rings is 2. The fourth-order valence-electron chi connectivity index (χ4n) is 3.09. The highest BCUT2D eigenvalue weighted by atomic mass is 35.5. The molecule has 0 saturated carbocycles. The highest BCUT2D eigenvalue weighted by Crippen LogP contribution is 2.21. The van der Waals surface area contributed by atoms with Crippen molar-refractivity contribution in [3.05, 3.63) is 70.5 Å². The van der Waals surface area contributed by atoms with Crippen LogP contribution in [0.2, 0.25) is 5.02 Å². The quantitative estimate of drug-likeness (QED) is 0.841. The Bertz CT molecular complexity index is 716. The van der Waals surface area contributed by atoms with Crippen LogP contribution in [0, 0.1) is 5.82 Å². The fraction of sp³-hybridized carbons (Fsp3) is 0.350. The van der Waals surface area contributed by atoms with Gasteiger partial charge >= 0.3 is 0 Å². The number of amides is 1. The van der Waals surface area contributed by atoms with Crippen molar-refractivity contribution < 1.29 is 13.9 Å². The van der Waals surface area contributed by atoms with Crippen molar-refractivity contribution in [1.29, 1.82) is 0 Å². The van der Waals surface area contributed by atoms with Crippen LogP contribution in [-0.2, 0) is 16.0 Å². The van der Waals surface area contributed by atoms with Crippen molar-refractivity contribution in [2.75, 3.05) is 32.8 Å². The monoisotopic (exact) mass is 376 g/mol. The molecule has 1 aliphatic rings. The van der Waals surface area contributed by atoms with Gasteiger partial charge in [0.15, 0.2) is 0 Å². The topological polar surface area (TPSA) is 41.6 Å². The number of carbonyl (C=O) groups excluding carboxylic acids is 1. The Labute approximate surface area is 157 Å². The molecule has 2 aromatic carbocycles. The van der Waals surface area contributed by atoms with Crippen molar-refractivity contribution >= 4 is 17.5 Å². The summed E-state index contributed by atoms with van der Waals surface area (Å²) >= 11 is 5.87. The minimum atomic E-state index is -0.263. The predicted octanol–water partition coefficient (Wildman–Crippen LogP) is 3.21. The van der Waals surface area contributed by atoms with Crippen LogP contribution in [0.15, 0.2) is 48.5 Å². The predicted molar refractivity (Wildman–Crippen MR) is 99.7 cm³/mol. The van der Waals surface area contributed by atoms with E-state index < -0.39 is 0 Å². The van der Waals surface area contributed by atoms with Crippen LogP contribution in [0.4, 0.5) is 4.39 Å². The summed E-state index contributed by atoms with van der Waals surface area (Å²) in [4.78, 5) is 14.6. The van der Waals surface area contributed by atoms with Crippen LogP contribution in [0.5, 0.6) is 0 Å². The van der Waals surface area contributed by atoms with E-state index in [0.29, 0.717) is 31.2 Å². The molecule has 138 valence electrons. The van der Waals surface area contributed by atoms with Crippen LogP contribution in [0.25, 0.3) is 0 Å². The maximum atomic E-state index is 13.3. The molecule has 1 amide bonds. The van der Waals surface area contributed by atoms with E-state index in [1.54, 1.807) is 24.3 Å². The van der Waals surface area contributed by atoms with E-state index in [4.69, 9.17) is 16.3 Å². The summed E-state index contributed by atoms with van der Waals surface area (Å²) in [5.41, 5.74) is 1.90. The Morgan fingerprint density at radius 2 is 1.77 bits per heavy atom. The molecule has 6 heteroatoms. The Balaban J connectivity index is 1.64. The zero-order chi connectivity index (χ0) is 18.4. The van der Waals surface area contributed by atoms with Gasteiger partial charge < -0.3 is 10.1 Å². The minimum absolute atomic E-state index is 0.00586. The first-order chi connectivity index (χ1) is 12.6. The lowest BCUT2D eigenvalue weighted by molar-refractivity contribution is -0.120. The van der Waals surface area contributed by atoms with E-state index in [1.165, 1.54) is 12.1 Å². The third-order valence-electron chi connectivity index (χ3n) is 4.51. The lowest BCUT2D eigenvalue weighted by atomic mass is 10.0. The molecular formula is C20H22ClFN2O2. The van der Waals surface area contributed by atoms with Gasteiger partial charge in [-0.15, -0.1) is 0 Å². The van der Waals surface area contributed by atoms with Crippen molar-refractivity contribution in [2.45, 2.75) is 12.5 Å². The number of nitrogens with one attached hydrogen (secondary N) is 1. The molecule has 0 unspecified atom stereocenters. The van der Waals surface area contributed by atoms with E-state index >= 15 is 0 Å². The summed E-state index contributed by atoms with van der Waals surface area (Å²) in [5, 5.41) is 3.66. The Morgan fingerprint density at radius 3 is 2.42 bits per heavy atom. The summed E-state index contributed by atoms with van der Waals surface area (Å²) < 4.78 is 18.7. The van der Waals surface area contributed by atoms with Crippen LogP contribution in [0.3, 0.4) is 0 Å². The maximum absolute atomic E-state index is 13.3. The van der Waals surface area contributed by atoms with Gasteiger partial charge in [0.05, 0.1) is 25.7 Å². The molecule has 3 rings (SSSR count). The van der Waals surface area contributed by atoms with Crippen LogP contribution < -0.4 is 5.32 Å². The standard InChI is InChI=1S/C20H22ClFN2O2/c21-17-5-1-15(2-6-17)13-20(25)23-14-19(24-9-11-26-12-10-24)16-3-7-18(22)8-4-16/h1-8,19H,9-14H2,(H,23,25)/t19-/m1/s1. The van der Waals surface area contributed by atoms with Gasteiger partial charge in [0.25, 0.3) is 0 Å². The van der Waals surface area contributed by atoms with E-state index in [-0.39, 0.29) is 17.8 Å². The number of hydrogen-bond acceptors (Lipinski definition) is 3. The Hall–Kier alpha value is -1.95. The highest BCUT2D eigenvalue weighted by Gasteiger charge is 2.23. The van der Waals surface area contributed by atoms with Crippen molar-refractivity contribution in [3.63, 3.8) is 0 Å². The lowest BCUT2D eigenvalue weighted by Crippen LogP contribution is -2.44. The average molecular weight is 377 g/mol. The lowest BCUT2D eigenvalue weighted by Gasteiger charge is -2.35. The van der Waals surface area contributed by atoms with E-state index in [0.717, 1.165) is 24.2 Å².